The van der Waals surface area contributed by atoms with Gasteiger partial charge in [-0.2, -0.15) is 0 Å². The number of rotatable bonds is 4. The lowest BCUT2D eigenvalue weighted by Crippen LogP contribution is -2.17. The number of hydrogen-bond acceptors (Lipinski definition) is 4. The van der Waals surface area contributed by atoms with Crippen LogP contribution in [0.4, 0.5) is 13.2 Å². The number of aliphatic hydroxyl groups is 1. The summed E-state index contributed by atoms with van der Waals surface area (Å²) in [5.41, 5.74) is 1.26. The standard InChI is InChI=1S/C14H12F3NO3/c1-20-13-6-5-11(12(8-19)18-13)9-3-2-4-10(7-9)21-14(15,16)17/h2-7,19H,8H2,1H3. The van der Waals surface area contributed by atoms with Crippen molar-refractivity contribution in [3.05, 3.63) is 42.1 Å². The highest BCUT2D eigenvalue weighted by molar-refractivity contribution is 5.67. The van der Waals surface area contributed by atoms with Crippen molar-refractivity contribution in [2.75, 3.05) is 7.11 Å². The van der Waals surface area contributed by atoms with Crippen LogP contribution >= 0.6 is 0 Å². The number of pyridine rings is 1. The lowest BCUT2D eigenvalue weighted by molar-refractivity contribution is -0.274. The van der Waals surface area contributed by atoms with Gasteiger partial charge in [-0.25, -0.2) is 4.98 Å². The van der Waals surface area contributed by atoms with E-state index in [9.17, 15) is 18.3 Å². The second kappa shape index (κ2) is 6.01. The van der Waals surface area contributed by atoms with Crippen LogP contribution < -0.4 is 9.47 Å². The zero-order chi connectivity index (χ0) is 15.5. The summed E-state index contributed by atoms with van der Waals surface area (Å²) in [6.07, 6.45) is -4.75. The highest BCUT2D eigenvalue weighted by atomic mass is 19.4. The summed E-state index contributed by atoms with van der Waals surface area (Å²) in [7, 11) is 1.43. The van der Waals surface area contributed by atoms with Crippen molar-refractivity contribution < 1.29 is 27.8 Å². The molecule has 1 N–H and O–H groups in total. The normalized spacial score (nSPS) is 11.3. The third-order valence-corrected chi connectivity index (χ3v) is 2.69. The molecular formula is C14H12F3NO3. The van der Waals surface area contributed by atoms with Gasteiger partial charge in [0.2, 0.25) is 5.88 Å². The van der Waals surface area contributed by atoms with E-state index in [-0.39, 0.29) is 12.4 Å². The molecule has 0 aliphatic heterocycles. The fourth-order valence-electron chi connectivity index (χ4n) is 1.84. The molecule has 1 aromatic heterocycles. The van der Waals surface area contributed by atoms with E-state index >= 15 is 0 Å². The van der Waals surface area contributed by atoms with Gasteiger partial charge in [0.25, 0.3) is 0 Å². The van der Waals surface area contributed by atoms with Gasteiger partial charge >= 0.3 is 6.36 Å². The molecule has 0 aliphatic rings. The Hall–Kier alpha value is -2.28. The number of aromatic nitrogens is 1. The molecule has 1 heterocycles. The first-order chi connectivity index (χ1) is 9.93. The lowest BCUT2D eigenvalue weighted by Gasteiger charge is -2.12. The molecule has 0 saturated heterocycles. The van der Waals surface area contributed by atoms with Gasteiger partial charge in [0.1, 0.15) is 5.75 Å². The smallest absolute Gasteiger partial charge is 0.481 e. The minimum Gasteiger partial charge on any atom is -0.481 e. The van der Waals surface area contributed by atoms with Crippen molar-refractivity contribution in [2.45, 2.75) is 13.0 Å². The molecule has 0 radical (unpaired) electrons. The van der Waals surface area contributed by atoms with Crippen LogP contribution in [-0.2, 0) is 6.61 Å². The molecule has 1 aromatic carbocycles. The molecule has 112 valence electrons. The summed E-state index contributed by atoms with van der Waals surface area (Å²) in [4.78, 5) is 4.06. The van der Waals surface area contributed by atoms with Gasteiger partial charge in [-0.3, -0.25) is 0 Å². The van der Waals surface area contributed by atoms with E-state index in [0.29, 0.717) is 22.7 Å². The SMILES string of the molecule is COc1ccc(-c2cccc(OC(F)(F)F)c2)c(CO)n1. The third kappa shape index (κ3) is 3.85. The largest absolute Gasteiger partial charge is 0.573 e. The Labute approximate surface area is 118 Å². The number of aliphatic hydroxyl groups excluding tert-OH is 1. The van der Waals surface area contributed by atoms with E-state index in [1.807, 2.05) is 0 Å². The summed E-state index contributed by atoms with van der Waals surface area (Å²) in [5, 5.41) is 9.33. The predicted octanol–water partition coefficient (Wildman–Crippen LogP) is 3.15. The van der Waals surface area contributed by atoms with Crippen LogP contribution in [-0.4, -0.2) is 23.6 Å². The number of nitrogens with zero attached hydrogens (tertiary/aromatic N) is 1. The van der Waals surface area contributed by atoms with Crippen LogP contribution in [0.5, 0.6) is 11.6 Å². The van der Waals surface area contributed by atoms with Crippen LogP contribution in [0.15, 0.2) is 36.4 Å². The molecule has 2 aromatic rings. The summed E-state index contributed by atoms with van der Waals surface area (Å²) in [5.74, 6) is -0.0230. The van der Waals surface area contributed by atoms with Gasteiger partial charge in [0.15, 0.2) is 0 Å². The molecule has 0 unspecified atom stereocenters. The van der Waals surface area contributed by atoms with Crippen LogP contribution in [0, 0.1) is 0 Å². The average Bonchev–Trinajstić information content (AvgIpc) is 2.45. The quantitative estimate of drug-likeness (QED) is 0.942. The number of alkyl halides is 3. The second-order valence-corrected chi connectivity index (χ2v) is 4.08. The molecule has 4 nitrogen and oxygen atoms in total. The van der Waals surface area contributed by atoms with E-state index in [1.54, 1.807) is 18.2 Å². The highest BCUT2D eigenvalue weighted by Gasteiger charge is 2.31. The topological polar surface area (TPSA) is 51.6 Å². The molecule has 0 spiro atoms. The van der Waals surface area contributed by atoms with Gasteiger partial charge in [-0.05, 0) is 23.8 Å². The molecule has 2 rings (SSSR count). The fraction of sp³-hybridized carbons (Fsp3) is 0.214. The third-order valence-electron chi connectivity index (χ3n) is 2.69. The minimum absolute atomic E-state index is 0.304. The first-order valence-electron chi connectivity index (χ1n) is 5.94. The summed E-state index contributed by atoms with van der Waals surface area (Å²) in [6.45, 7) is -0.364. The first kappa shape index (κ1) is 15.1. The molecular weight excluding hydrogens is 287 g/mol. The van der Waals surface area contributed by atoms with Crippen molar-refractivity contribution >= 4 is 0 Å². The fourth-order valence-corrected chi connectivity index (χ4v) is 1.84. The van der Waals surface area contributed by atoms with Crippen molar-refractivity contribution in [3.8, 4) is 22.8 Å². The summed E-state index contributed by atoms with van der Waals surface area (Å²) >= 11 is 0. The van der Waals surface area contributed by atoms with E-state index in [1.165, 1.54) is 25.3 Å². The maximum atomic E-state index is 12.2. The maximum Gasteiger partial charge on any atom is 0.573 e. The van der Waals surface area contributed by atoms with Gasteiger partial charge in [-0.1, -0.05) is 12.1 Å². The van der Waals surface area contributed by atoms with Crippen molar-refractivity contribution in [2.24, 2.45) is 0 Å². The Bertz CT molecular complexity index is 629. The van der Waals surface area contributed by atoms with Crippen LogP contribution in [0.3, 0.4) is 0 Å². The number of ether oxygens (including phenoxy) is 2. The van der Waals surface area contributed by atoms with Crippen LogP contribution in [0.1, 0.15) is 5.69 Å². The average molecular weight is 299 g/mol. The predicted molar refractivity (Wildman–Crippen MR) is 68.8 cm³/mol. The molecule has 0 aliphatic carbocycles. The number of hydrogen-bond donors (Lipinski definition) is 1. The first-order valence-corrected chi connectivity index (χ1v) is 5.94. The number of halogens is 3. The number of methoxy groups -OCH3 is 1. The minimum atomic E-state index is -4.75. The second-order valence-electron chi connectivity index (χ2n) is 4.08. The van der Waals surface area contributed by atoms with E-state index in [0.717, 1.165) is 0 Å². The van der Waals surface area contributed by atoms with Crippen molar-refractivity contribution in [3.63, 3.8) is 0 Å². The Balaban J connectivity index is 2.40. The van der Waals surface area contributed by atoms with E-state index < -0.39 is 6.36 Å². The van der Waals surface area contributed by atoms with Gasteiger partial charge in [0.05, 0.1) is 19.4 Å². The van der Waals surface area contributed by atoms with Gasteiger partial charge < -0.3 is 14.6 Å². The monoisotopic (exact) mass is 299 g/mol. The Kier molecular flexibility index (Phi) is 4.32. The summed E-state index contributed by atoms with van der Waals surface area (Å²) < 4.78 is 45.5. The van der Waals surface area contributed by atoms with E-state index in [4.69, 9.17) is 4.74 Å². The van der Waals surface area contributed by atoms with Crippen LogP contribution in [0.25, 0.3) is 11.1 Å². The van der Waals surface area contributed by atoms with Crippen LogP contribution in [0.2, 0.25) is 0 Å². The van der Waals surface area contributed by atoms with E-state index in [2.05, 4.69) is 9.72 Å². The Morgan fingerprint density at radius 3 is 2.57 bits per heavy atom. The lowest BCUT2D eigenvalue weighted by atomic mass is 10.0. The Morgan fingerprint density at radius 1 is 1.19 bits per heavy atom. The molecule has 0 bridgehead atoms. The highest BCUT2D eigenvalue weighted by Crippen LogP contribution is 2.30. The zero-order valence-corrected chi connectivity index (χ0v) is 11.0. The van der Waals surface area contributed by atoms with Gasteiger partial charge in [-0.15, -0.1) is 13.2 Å². The molecule has 0 atom stereocenters. The molecule has 21 heavy (non-hydrogen) atoms. The molecule has 0 saturated carbocycles. The Morgan fingerprint density at radius 2 is 1.95 bits per heavy atom. The molecule has 0 amide bonds. The zero-order valence-electron chi connectivity index (χ0n) is 11.0. The van der Waals surface area contributed by atoms with Crippen molar-refractivity contribution in [1.82, 2.24) is 4.98 Å². The summed E-state index contributed by atoms with van der Waals surface area (Å²) in [6, 6.07) is 8.65. The number of benzene rings is 1. The molecule has 0 fully saturated rings. The maximum absolute atomic E-state index is 12.2. The molecule has 7 heteroatoms. The van der Waals surface area contributed by atoms with Gasteiger partial charge in [0, 0.05) is 11.6 Å². The van der Waals surface area contributed by atoms with Crippen molar-refractivity contribution in [1.29, 1.82) is 0 Å².